The van der Waals surface area contributed by atoms with Gasteiger partial charge in [0.2, 0.25) is 0 Å². The van der Waals surface area contributed by atoms with E-state index >= 15 is 0 Å². The Morgan fingerprint density at radius 2 is 2.26 bits per heavy atom. The summed E-state index contributed by atoms with van der Waals surface area (Å²) in [6.45, 7) is 0.0746. The van der Waals surface area contributed by atoms with Gasteiger partial charge in [0.15, 0.2) is 0 Å². The maximum absolute atomic E-state index is 13.6. The number of nitrogens with one attached hydrogen (secondary N) is 1. The molecule has 0 aliphatic heterocycles. The van der Waals surface area contributed by atoms with Gasteiger partial charge in [0.05, 0.1) is 13.3 Å². The summed E-state index contributed by atoms with van der Waals surface area (Å²) >= 11 is 0. The fraction of sp³-hybridized carbons (Fsp3) is 0.154. The van der Waals surface area contributed by atoms with Gasteiger partial charge in [-0.25, -0.2) is 9.37 Å². The molecule has 6 heteroatoms. The molecule has 0 fully saturated rings. The number of carbonyl (C=O) groups excluding carboxylic acids is 1. The zero-order chi connectivity index (χ0) is 13.7. The van der Waals surface area contributed by atoms with E-state index in [0.717, 1.165) is 0 Å². The van der Waals surface area contributed by atoms with Crippen molar-refractivity contribution in [1.29, 1.82) is 0 Å². The summed E-state index contributed by atoms with van der Waals surface area (Å²) in [5.74, 6) is -0.399. The Morgan fingerprint density at radius 1 is 1.42 bits per heavy atom. The first-order valence-electron chi connectivity index (χ1n) is 5.57. The number of nitrogens with zero attached hydrogens (tertiary/aromatic N) is 2. The highest BCUT2D eigenvalue weighted by molar-refractivity contribution is 5.91. The van der Waals surface area contributed by atoms with Gasteiger partial charge >= 0.3 is 0 Å². The van der Waals surface area contributed by atoms with Crippen molar-refractivity contribution < 1.29 is 13.9 Å². The minimum atomic E-state index is -0.432. The normalized spacial score (nSPS) is 10.0. The van der Waals surface area contributed by atoms with E-state index in [1.54, 1.807) is 12.1 Å². The summed E-state index contributed by atoms with van der Waals surface area (Å²) < 4.78 is 18.5. The molecule has 0 spiro atoms. The molecule has 1 heterocycles. The molecule has 98 valence electrons. The maximum atomic E-state index is 13.6. The predicted molar refractivity (Wildman–Crippen MR) is 66.2 cm³/mol. The Morgan fingerprint density at radius 3 is 2.89 bits per heavy atom. The van der Waals surface area contributed by atoms with E-state index in [0.29, 0.717) is 11.3 Å². The second-order valence-electron chi connectivity index (χ2n) is 3.73. The van der Waals surface area contributed by atoms with E-state index < -0.39 is 11.7 Å². The van der Waals surface area contributed by atoms with Gasteiger partial charge in [-0.3, -0.25) is 9.78 Å². The molecule has 0 aliphatic rings. The van der Waals surface area contributed by atoms with Crippen LogP contribution in [0.25, 0.3) is 0 Å². The van der Waals surface area contributed by atoms with Crippen LogP contribution in [0.15, 0.2) is 36.8 Å². The van der Waals surface area contributed by atoms with E-state index in [4.69, 9.17) is 4.74 Å². The third-order valence-electron chi connectivity index (χ3n) is 2.50. The summed E-state index contributed by atoms with van der Waals surface area (Å²) in [5, 5.41) is 2.57. The lowest BCUT2D eigenvalue weighted by molar-refractivity contribution is 0.0945. The van der Waals surface area contributed by atoms with Gasteiger partial charge in [-0.1, -0.05) is 6.07 Å². The Labute approximate surface area is 109 Å². The molecule has 0 radical (unpaired) electrons. The molecule has 1 N–H and O–H groups in total. The van der Waals surface area contributed by atoms with Crippen molar-refractivity contribution in [2.45, 2.75) is 6.54 Å². The van der Waals surface area contributed by atoms with Crippen LogP contribution in [0.5, 0.6) is 5.75 Å². The molecule has 1 aromatic heterocycles. The molecular formula is C13H12FN3O2. The number of rotatable bonds is 4. The second kappa shape index (κ2) is 5.90. The molecule has 1 amide bonds. The average Bonchev–Trinajstić information content (AvgIpc) is 2.46. The third-order valence-corrected chi connectivity index (χ3v) is 2.50. The summed E-state index contributed by atoms with van der Waals surface area (Å²) in [7, 11) is 1.46. The zero-order valence-corrected chi connectivity index (χ0v) is 10.3. The van der Waals surface area contributed by atoms with Gasteiger partial charge in [0.1, 0.15) is 17.3 Å². The van der Waals surface area contributed by atoms with Gasteiger partial charge in [0.25, 0.3) is 5.91 Å². The number of carbonyl (C=O) groups is 1. The van der Waals surface area contributed by atoms with E-state index in [1.165, 1.54) is 31.8 Å². The van der Waals surface area contributed by atoms with Crippen molar-refractivity contribution in [3.63, 3.8) is 0 Å². The zero-order valence-electron chi connectivity index (χ0n) is 10.3. The molecule has 0 unspecified atom stereocenters. The van der Waals surface area contributed by atoms with Crippen LogP contribution in [-0.4, -0.2) is 23.0 Å². The quantitative estimate of drug-likeness (QED) is 0.907. The highest BCUT2D eigenvalue weighted by Crippen LogP contribution is 2.15. The lowest BCUT2D eigenvalue weighted by Crippen LogP contribution is -2.24. The summed E-state index contributed by atoms with van der Waals surface area (Å²) in [6.07, 6.45) is 4.24. The first-order valence-corrected chi connectivity index (χ1v) is 5.57. The summed E-state index contributed by atoms with van der Waals surface area (Å²) in [5.41, 5.74) is 0.564. The largest absolute Gasteiger partial charge is 0.497 e. The van der Waals surface area contributed by atoms with Crippen LogP contribution < -0.4 is 10.1 Å². The molecule has 1 aromatic carbocycles. The van der Waals surface area contributed by atoms with Gasteiger partial charge in [-0.15, -0.1) is 0 Å². The van der Waals surface area contributed by atoms with E-state index in [1.807, 2.05) is 0 Å². The topological polar surface area (TPSA) is 64.1 Å². The number of amides is 1. The Kier molecular flexibility index (Phi) is 4.02. The smallest absolute Gasteiger partial charge is 0.271 e. The number of methoxy groups -OCH3 is 1. The number of halogens is 1. The third kappa shape index (κ3) is 3.25. The van der Waals surface area contributed by atoms with E-state index in [-0.39, 0.29) is 12.2 Å². The molecule has 2 rings (SSSR count). The highest BCUT2D eigenvalue weighted by atomic mass is 19.1. The Hall–Kier alpha value is -2.50. The first-order chi connectivity index (χ1) is 9.20. The second-order valence-corrected chi connectivity index (χ2v) is 3.73. The van der Waals surface area contributed by atoms with Crippen LogP contribution >= 0.6 is 0 Å². The summed E-state index contributed by atoms with van der Waals surface area (Å²) in [6, 6.07) is 4.46. The molecule has 0 saturated heterocycles. The van der Waals surface area contributed by atoms with Crippen molar-refractivity contribution in [3.05, 3.63) is 53.9 Å². The van der Waals surface area contributed by atoms with Crippen LogP contribution in [0.4, 0.5) is 4.39 Å². The van der Waals surface area contributed by atoms with Crippen molar-refractivity contribution in [2.24, 2.45) is 0 Å². The first kappa shape index (κ1) is 12.9. The minimum Gasteiger partial charge on any atom is -0.497 e. The standard InChI is InChI=1S/C13H12FN3O2/c1-19-10-3-2-9(11(14)6-10)7-17-13(18)12-8-15-4-5-16-12/h2-6,8H,7H2,1H3,(H,17,18). The molecule has 19 heavy (non-hydrogen) atoms. The maximum Gasteiger partial charge on any atom is 0.271 e. The van der Waals surface area contributed by atoms with Gasteiger partial charge in [-0.2, -0.15) is 0 Å². The van der Waals surface area contributed by atoms with Crippen LogP contribution in [0.2, 0.25) is 0 Å². The molecule has 2 aromatic rings. The number of benzene rings is 1. The fourth-order valence-corrected chi connectivity index (χ4v) is 1.48. The Balaban J connectivity index is 2.01. The van der Waals surface area contributed by atoms with Crippen molar-refractivity contribution in [3.8, 4) is 5.75 Å². The molecular weight excluding hydrogens is 249 g/mol. The molecule has 0 aliphatic carbocycles. The Bertz CT molecular complexity index is 575. The number of ether oxygens (including phenoxy) is 1. The van der Waals surface area contributed by atoms with Crippen LogP contribution in [0, 0.1) is 5.82 Å². The SMILES string of the molecule is COc1ccc(CNC(=O)c2cnccn2)c(F)c1. The monoisotopic (exact) mass is 261 g/mol. The lowest BCUT2D eigenvalue weighted by atomic mass is 10.2. The minimum absolute atomic E-state index is 0.0746. The molecule has 0 bridgehead atoms. The molecule has 0 saturated carbocycles. The summed E-state index contributed by atoms with van der Waals surface area (Å²) in [4.78, 5) is 19.3. The van der Waals surface area contributed by atoms with E-state index in [9.17, 15) is 9.18 Å². The molecule has 0 atom stereocenters. The van der Waals surface area contributed by atoms with Crippen LogP contribution in [0.1, 0.15) is 16.1 Å². The van der Waals surface area contributed by atoms with Crippen molar-refractivity contribution in [2.75, 3.05) is 7.11 Å². The number of aromatic nitrogens is 2. The van der Waals surface area contributed by atoms with Crippen molar-refractivity contribution >= 4 is 5.91 Å². The average molecular weight is 261 g/mol. The predicted octanol–water partition coefficient (Wildman–Crippen LogP) is 1.55. The van der Waals surface area contributed by atoms with Gasteiger partial charge < -0.3 is 10.1 Å². The van der Waals surface area contributed by atoms with Gasteiger partial charge in [0, 0.05) is 30.6 Å². The van der Waals surface area contributed by atoms with Crippen LogP contribution in [-0.2, 0) is 6.54 Å². The fourth-order valence-electron chi connectivity index (χ4n) is 1.48. The van der Waals surface area contributed by atoms with E-state index in [2.05, 4.69) is 15.3 Å². The number of hydrogen-bond acceptors (Lipinski definition) is 4. The molecule has 5 nitrogen and oxygen atoms in total. The highest BCUT2D eigenvalue weighted by Gasteiger charge is 2.09. The lowest BCUT2D eigenvalue weighted by Gasteiger charge is -2.07. The van der Waals surface area contributed by atoms with Crippen molar-refractivity contribution in [1.82, 2.24) is 15.3 Å². The number of hydrogen-bond donors (Lipinski definition) is 1. The van der Waals surface area contributed by atoms with Crippen LogP contribution in [0.3, 0.4) is 0 Å². The van der Waals surface area contributed by atoms with Gasteiger partial charge in [-0.05, 0) is 6.07 Å².